The lowest BCUT2D eigenvalue weighted by Gasteiger charge is -2.00. The van der Waals surface area contributed by atoms with Gasteiger partial charge in [0.1, 0.15) is 5.82 Å². The fourth-order valence-electron chi connectivity index (χ4n) is 1.51. The van der Waals surface area contributed by atoms with Crippen molar-refractivity contribution < 1.29 is 9.47 Å². The lowest BCUT2D eigenvalue weighted by atomic mass is 10.2. The molecule has 1 aromatic heterocycles. The van der Waals surface area contributed by atoms with E-state index >= 15 is 0 Å². The first-order valence-electron chi connectivity index (χ1n) is 4.36. The molecule has 4 heteroatoms. The number of aryl methyl sites for hydroxylation is 1. The molecule has 14 heavy (non-hydrogen) atoms. The molecule has 0 aliphatic carbocycles. The lowest BCUT2D eigenvalue weighted by Crippen LogP contribution is -1.92. The Bertz CT molecular complexity index is 511. The summed E-state index contributed by atoms with van der Waals surface area (Å²) in [5, 5.41) is 0.972. The summed E-state index contributed by atoms with van der Waals surface area (Å²) in [6.07, 6.45) is 1.79. The van der Waals surface area contributed by atoms with Crippen LogP contribution in [0.3, 0.4) is 0 Å². The third-order valence-electron chi connectivity index (χ3n) is 2.19. The third-order valence-corrected chi connectivity index (χ3v) is 2.19. The van der Waals surface area contributed by atoms with Crippen molar-refractivity contribution in [2.24, 2.45) is 0 Å². The Labute approximate surface area is 80.5 Å². The zero-order chi connectivity index (χ0) is 9.54. The number of hydrogen-bond acceptors (Lipinski definition) is 4. The van der Waals surface area contributed by atoms with E-state index in [0.717, 1.165) is 28.2 Å². The Morgan fingerprint density at radius 3 is 2.86 bits per heavy atom. The first-order valence-corrected chi connectivity index (χ1v) is 4.36. The largest absolute Gasteiger partial charge is 0.454 e. The number of rotatable bonds is 0. The van der Waals surface area contributed by atoms with Crippen molar-refractivity contribution in [3.63, 3.8) is 0 Å². The van der Waals surface area contributed by atoms with Crippen LogP contribution in [0.15, 0.2) is 18.3 Å². The van der Waals surface area contributed by atoms with Crippen molar-refractivity contribution in [1.29, 1.82) is 0 Å². The molecule has 2 heterocycles. The molecule has 0 saturated heterocycles. The Morgan fingerprint density at radius 2 is 2.00 bits per heavy atom. The van der Waals surface area contributed by atoms with Gasteiger partial charge in [-0.1, -0.05) is 0 Å². The third kappa shape index (κ3) is 1.00. The molecule has 0 atom stereocenters. The maximum atomic E-state index is 5.26. The highest BCUT2D eigenvalue weighted by Gasteiger charge is 2.14. The molecule has 0 spiro atoms. The predicted molar refractivity (Wildman–Crippen MR) is 50.4 cm³/mol. The number of fused-ring (bicyclic) bond motifs is 2. The predicted octanol–water partition coefficient (Wildman–Crippen LogP) is 1.67. The molecule has 0 fully saturated rings. The normalized spacial score (nSPS) is 13.5. The van der Waals surface area contributed by atoms with E-state index in [1.165, 1.54) is 0 Å². The fourth-order valence-corrected chi connectivity index (χ4v) is 1.51. The fraction of sp³-hybridized carbons (Fsp3) is 0.200. The van der Waals surface area contributed by atoms with E-state index in [-0.39, 0.29) is 6.79 Å². The molecule has 2 aromatic rings. The molecule has 3 rings (SSSR count). The van der Waals surface area contributed by atoms with E-state index < -0.39 is 0 Å². The van der Waals surface area contributed by atoms with Gasteiger partial charge in [-0.2, -0.15) is 0 Å². The summed E-state index contributed by atoms with van der Waals surface area (Å²) < 4.78 is 10.5. The van der Waals surface area contributed by atoms with E-state index in [9.17, 15) is 0 Å². The second-order valence-electron chi connectivity index (χ2n) is 3.18. The number of benzene rings is 1. The smallest absolute Gasteiger partial charge is 0.231 e. The van der Waals surface area contributed by atoms with Gasteiger partial charge in [0.15, 0.2) is 11.5 Å². The Hall–Kier alpha value is -1.84. The Balaban J connectivity index is 2.33. The second-order valence-corrected chi connectivity index (χ2v) is 3.18. The number of ether oxygens (including phenoxy) is 2. The molecule has 70 valence electrons. The van der Waals surface area contributed by atoms with E-state index in [0.29, 0.717) is 0 Å². The van der Waals surface area contributed by atoms with Crippen LogP contribution in [0.2, 0.25) is 0 Å². The number of hydrogen-bond donors (Lipinski definition) is 0. The Kier molecular flexibility index (Phi) is 1.39. The monoisotopic (exact) mass is 188 g/mol. The van der Waals surface area contributed by atoms with Crippen LogP contribution in [0.1, 0.15) is 5.82 Å². The SMILES string of the molecule is Cc1ncc2cc3c(cc2n1)OCO3. The van der Waals surface area contributed by atoms with Crippen molar-refractivity contribution in [2.45, 2.75) is 6.92 Å². The van der Waals surface area contributed by atoms with E-state index in [2.05, 4.69) is 9.97 Å². The molecule has 1 aliphatic heterocycles. The first-order chi connectivity index (χ1) is 6.83. The average molecular weight is 188 g/mol. The van der Waals surface area contributed by atoms with E-state index in [1.807, 2.05) is 19.1 Å². The molecule has 0 unspecified atom stereocenters. The minimum atomic E-state index is 0.290. The van der Waals surface area contributed by atoms with Crippen molar-refractivity contribution >= 4 is 10.9 Å². The highest BCUT2D eigenvalue weighted by molar-refractivity contribution is 5.82. The van der Waals surface area contributed by atoms with Crippen LogP contribution in [0, 0.1) is 6.92 Å². The van der Waals surface area contributed by atoms with Crippen LogP contribution in [0.25, 0.3) is 10.9 Å². The minimum Gasteiger partial charge on any atom is -0.454 e. The van der Waals surface area contributed by atoms with Gasteiger partial charge in [0, 0.05) is 17.6 Å². The van der Waals surface area contributed by atoms with Crippen LogP contribution in [-0.2, 0) is 0 Å². The van der Waals surface area contributed by atoms with Crippen LogP contribution in [0.5, 0.6) is 11.5 Å². The van der Waals surface area contributed by atoms with Gasteiger partial charge in [0.2, 0.25) is 6.79 Å². The molecule has 0 radical (unpaired) electrons. The minimum absolute atomic E-state index is 0.290. The summed E-state index contributed by atoms with van der Waals surface area (Å²) in [6.45, 7) is 2.15. The molecular formula is C10H8N2O2. The van der Waals surface area contributed by atoms with Crippen LogP contribution >= 0.6 is 0 Å². The maximum Gasteiger partial charge on any atom is 0.231 e. The van der Waals surface area contributed by atoms with Gasteiger partial charge in [-0.3, -0.25) is 0 Å². The average Bonchev–Trinajstić information content (AvgIpc) is 2.61. The second kappa shape index (κ2) is 2.57. The lowest BCUT2D eigenvalue weighted by molar-refractivity contribution is 0.174. The van der Waals surface area contributed by atoms with Crippen molar-refractivity contribution in [3.8, 4) is 11.5 Å². The topological polar surface area (TPSA) is 44.2 Å². The maximum absolute atomic E-state index is 5.26. The molecule has 0 saturated carbocycles. The van der Waals surface area contributed by atoms with Gasteiger partial charge >= 0.3 is 0 Å². The summed E-state index contributed by atoms with van der Waals surface area (Å²) in [7, 11) is 0. The highest BCUT2D eigenvalue weighted by Crippen LogP contribution is 2.34. The van der Waals surface area contributed by atoms with Crippen molar-refractivity contribution in [1.82, 2.24) is 9.97 Å². The summed E-state index contributed by atoms with van der Waals surface area (Å²) in [5.41, 5.74) is 0.891. The van der Waals surface area contributed by atoms with Gasteiger partial charge < -0.3 is 9.47 Å². The highest BCUT2D eigenvalue weighted by atomic mass is 16.7. The van der Waals surface area contributed by atoms with Crippen molar-refractivity contribution in [3.05, 3.63) is 24.2 Å². The summed E-state index contributed by atoms with van der Waals surface area (Å²) >= 11 is 0. The molecular weight excluding hydrogens is 180 g/mol. The molecule has 1 aromatic carbocycles. The molecule has 0 bridgehead atoms. The van der Waals surface area contributed by atoms with Gasteiger partial charge in [0.25, 0.3) is 0 Å². The molecule has 1 aliphatic rings. The number of nitrogens with zero attached hydrogens (tertiary/aromatic N) is 2. The quantitative estimate of drug-likeness (QED) is 0.630. The zero-order valence-corrected chi connectivity index (χ0v) is 7.65. The summed E-state index contributed by atoms with van der Waals surface area (Å²) in [6, 6.07) is 3.78. The van der Waals surface area contributed by atoms with Crippen LogP contribution < -0.4 is 9.47 Å². The Morgan fingerprint density at radius 1 is 1.21 bits per heavy atom. The standard InChI is InChI=1S/C10H8N2O2/c1-6-11-4-7-2-9-10(14-5-13-9)3-8(7)12-6/h2-4H,5H2,1H3. The zero-order valence-electron chi connectivity index (χ0n) is 7.65. The van der Waals surface area contributed by atoms with Crippen molar-refractivity contribution in [2.75, 3.05) is 6.79 Å². The molecule has 0 amide bonds. The van der Waals surface area contributed by atoms with Gasteiger partial charge in [-0.15, -0.1) is 0 Å². The summed E-state index contributed by atoms with van der Waals surface area (Å²) in [5.74, 6) is 2.29. The van der Waals surface area contributed by atoms with E-state index in [1.54, 1.807) is 6.20 Å². The molecule has 4 nitrogen and oxygen atoms in total. The van der Waals surface area contributed by atoms with Gasteiger partial charge in [0.05, 0.1) is 5.52 Å². The molecule has 0 N–H and O–H groups in total. The van der Waals surface area contributed by atoms with E-state index in [4.69, 9.17) is 9.47 Å². The van der Waals surface area contributed by atoms with Gasteiger partial charge in [-0.25, -0.2) is 9.97 Å². The van der Waals surface area contributed by atoms with Crippen LogP contribution in [0.4, 0.5) is 0 Å². The number of aromatic nitrogens is 2. The first kappa shape index (κ1) is 7.55. The van der Waals surface area contributed by atoms with Gasteiger partial charge in [-0.05, 0) is 13.0 Å². The van der Waals surface area contributed by atoms with Crippen LogP contribution in [-0.4, -0.2) is 16.8 Å². The summed E-state index contributed by atoms with van der Waals surface area (Å²) in [4.78, 5) is 8.43.